The molecule has 1 fully saturated rings. The summed E-state index contributed by atoms with van der Waals surface area (Å²) in [5.74, 6) is -0.121. The Labute approximate surface area is 206 Å². The Balaban J connectivity index is 1.35. The minimum atomic E-state index is -4.46. The van der Waals surface area contributed by atoms with E-state index in [2.05, 4.69) is 15.4 Å². The summed E-state index contributed by atoms with van der Waals surface area (Å²) >= 11 is 0. The van der Waals surface area contributed by atoms with E-state index in [0.29, 0.717) is 42.2 Å². The molecule has 5 rings (SSSR count). The number of aromatic nitrogens is 4. The SMILES string of the molecule is Cc1ccc2c(C(=O)NCCCn3nc(C(F)(F)F)cc3C3CC3)cc(-c3ccccn3)nc2c1C. The molecule has 0 aliphatic heterocycles. The summed E-state index contributed by atoms with van der Waals surface area (Å²) in [4.78, 5) is 22.4. The van der Waals surface area contributed by atoms with Gasteiger partial charge in [-0.1, -0.05) is 18.2 Å². The van der Waals surface area contributed by atoms with Crippen LogP contribution in [-0.4, -0.2) is 32.2 Å². The van der Waals surface area contributed by atoms with Crippen molar-refractivity contribution >= 4 is 16.8 Å². The first-order valence-corrected chi connectivity index (χ1v) is 12.0. The molecule has 6 nitrogen and oxygen atoms in total. The molecule has 0 bridgehead atoms. The van der Waals surface area contributed by atoms with Crippen molar-refractivity contribution in [2.75, 3.05) is 6.54 Å². The summed E-state index contributed by atoms with van der Waals surface area (Å²) in [5.41, 5.74) is 4.33. The van der Waals surface area contributed by atoms with Gasteiger partial charge < -0.3 is 5.32 Å². The number of benzene rings is 1. The van der Waals surface area contributed by atoms with E-state index >= 15 is 0 Å². The number of alkyl halides is 3. The average Bonchev–Trinajstić information content (AvgIpc) is 3.62. The van der Waals surface area contributed by atoms with E-state index in [9.17, 15) is 18.0 Å². The maximum absolute atomic E-state index is 13.2. The summed E-state index contributed by atoms with van der Waals surface area (Å²) in [6.07, 6.45) is -0.565. The normalized spacial score (nSPS) is 13.8. The molecule has 186 valence electrons. The highest BCUT2D eigenvalue weighted by molar-refractivity contribution is 6.07. The van der Waals surface area contributed by atoms with Gasteiger partial charge in [-0.3, -0.25) is 14.5 Å². The van der Waals surface area contributed by atoms with Gasteiger partial charge in [0.2, 0.25) is 0 Å². The lowest BCUT2D eigenvalue weighted by Gasteiger charge is -2.13. The standard InChI is InChI=1S/C27H26F3N5O/c1-16-7-10-19-20(14-22(33-25(19)17(16)2)21-6-3-4-11-31-21)26(36)32-12-5-13-35-23(18-8-9-18)15-24(34-35)27(28,29)30/h3-4,6-7,10-11,14-15,18H,5,8-9,12-13H2,1-2H3,(H,32,36). The quantitative estimate of drug-likeness (QED) is 0.329. The number of carbonyl (C=O) groups excluding carboxylic acids is 1. The van der Waals surface area contributed by atoms with Crippen LogP contribution in [0.5, 0.6) is 0 Å². The molecule has 0 atom stereocenters. The van der Waals surface area contributed by atoms with Crippen molar-refractivity contribution in [2.24, 2.45) is 0 Å². The fraction of sp³-hybridized carbons (Fsp3) is 0.333. The van der Waals surface area contributed by atoms with E-state index in [0.717, 1.165) is 40.9 Å². The van der Waals surface area contributed by atoms with Gasteiger partial charge in [-0.2, -0.15) is 18.3 Å². The summed E-state index contributed by atoms with van der Waals surface area (Å²) in [6, 6.07) is 12.3. The van der Waals surface area contributed by atoms with Crippen molar-refractivity contribution in [1.29, 1.82) is 0 Å². The molecule has 1 saturated carbocycles. The van der Waals surface area contributed by atoms with Gasteiger partial charge in [0.25, 0.3) is 5.91 Å². The molecular formula is C27H26F3N5O. The van der Waals surface area contributed by atoms with Crippen LogP contribution in [0.3, 0.4) is 0 Å². The average molecular weight is 494 g/mol. The van der Waals surface area contributed by atoms with Crippen LogP contribution in [0.25, 0.3) is 22.3 Å². The van der Waals surface area contributed by atoms with Crippen LogP contribution in [0.4, 0.5) is 13.2 Å². The van der Waals surface area contributed by atoms with E-state index in [1.54, 1.807) is 12.3 Å². The van der Waals surface area contributed by atoms with Crippen LogP contribution >= 0.6 is 0 Å². The Bertz CT molecular complexity index is 1430. The molecular weight excluding hydrogens is 467 g/mol. The number of carbonyl (C=O) groups is 1. The zero-order chi connectivity index (χ0) is 25.4. The highest BCUT2D eigenvalue weighted by Gasteiger charge is 2.37. The Morgan fingerprint density at radius 2 is 1.92 bits per heavy atom. The van der Waals surface area contributed by atoms with Crippen molar-refractivity contribution in [1.82, 2.24) is 25.1 Å². The number of pyridine rings is 2. The highest BCUT2D eigenvalue weighted by Crippen LogP contribution is 2.42. The third-order valence-corrected chi connectivity index (χ3v) is 6.61. The second-order valence-electron chi connectivity index (χ2n) is 9.23. The van der Waals surface area contributed by atoms with Crippen LogP contribution in [0.2, 0.25) is 0 Å². The molecule has 36 heavy (non-hydrogen) atoms. The van der Waals surface area contributed by atoms with E-state index in [1.807, 2.05) is 44.2 Å². The topological polar surface area (TPSA) is 72.7 Å². The number of aryl methyl sites for hydroxylation is 3. The fourth-order valence-electron chi connectivity index (χ4n) is 4.35. The molecule has 1 aliphatic rings. The third kappa shape index (κ3) is 4.82. The van der Waals surface area contributed by atoms with Crippen molar-refractivity contribution in [2.45, 2.75) is 51.7 Å². The smallest absolute Gasteiger partial charge is 0.352 e. The van der Waals surface area contributed by atoms with Crippen LogP contribution < -0.4 is 5.32 Å². The minimum Gasteiger partial charge on any atom is -0.352 e. The van der Waals surface area contributed by atoms with Gasteiger partial charge in [0.1, 0.15) is 0 Å². The summed E-state index contributed by atoms with van der Waals surface area (Å²) in [6.45, 7) is 4.58. The molecule has 9 heteroatoms. The Morgan fingerprint density at radius 1 is 1.11 bits per heavy atom. The number of rotatable bonds is 7. The Hall–Kier alpha value is -3.75. The lowest BCUT2D eigenvalue weighted by atomic mass is 10.00. The molecule has 4 aromatic rings. The predicted molar refractivity (Wildman–Crippen MR) is 131 cm³/mol. The van der Waals surface area contributed by atoms with Gasteiger partial charge in [0.05, 0.1) is 22.5 Å². The number of nitrogens with zero attached hydrogens (tertiary/aromatic N) is 4. The van der Waals surface area contributed by atoms with Crippen LogP contribution in [-0.2, 0) is 12.7 Å². The van der Waals surface area contributed by atoms with Crippen molar-refractivity contribution in [3.8, 4) is 11.4 Å². The first-order chi connectivity index (χ1) is 17.2. The van der Waals surface area contributed by atoms with Crippen LogP contribution in [0, 0.1) is 13.8 Å². The number of nitrogens with one attached hydrogen (secondary N) is 1. The zero-order valence-corrected chi connectivity index (χ0v) is 20.1. The zero-order valence-electron chi connectivity index (χ0n) is 20.1. The Morgan fingerprint density at radius 3 is 2.61 bits per heavy atom. The molecule has 1 amide bonds. The maximum atomic E-state index is 13.2. The highest BCUT2D eigenvalue weighted by atomic mass is 19.4. The fourth-order valence-corrected chi connectivity index (χ4v) is 4.35. The van der Waals surface area contributed by atoms with Gasteiger partial charge in [-0.25, -0.2) is 4.98 Å². The van der Waals surface area contributed by atoms with Crippen molar-refractivity contribution in [3.63, 3.8) is 0 Å². The number of hydrogen-bond donors (Lipinski definition) is 1. The lowest BCUT2D eigenvalue weighted by Crippen LogP contribution is -2.26. The molecule has 3 heterocycles. The molecule has 0 unspecified atom stereocenters. The summed E-state index contributed by atoms with van der Waals surface area (Å²) < 4.78 is 40.9. The number of hydrogen-bond acceptors (Lipinski definition) is 4. The maximum Gasteiger partial charge on any atom is 0.435 e. The van der Waals surface area contributed by atoms with Gasteiger partial charge in [-0.15, -0.1) is 0 Å². The van der Waals surface area contributed by atoms with Gasteiger partial charge in [0.15, 0.2) is 5.69 Å². The molecule has 0 spiro atoms. The van der Waals surface area contributed by atoms with Crippen molar-refractivity contribution in [3.05, 3.63) is 76.7 Å². The van der Waals surface area contributed by atoms with Gasteiger partial charge in [0, 0.05) is 36.3 Å². The van der Waals surface area contributed by atoms with E-state index in [1.165, 1.54) is 4.68 Å². The van der Waals surface area contributed by atoms with E-state index in [-0.39, 0.29) is 11.8 Å². The molecule has 3 aromatic heterocycles. The lowest BCUT2D eigenvalue weighted by molar-refractivity contribution is -0.141. The summed E-state index contributed by atoms with van der Waals surface area (Å²) in [7, 11) is 0. The first kappa shape index (κ1) is 24.0. The second kappa shape index (κ2) is 9.37. The number of fused-ring (bicyclic) bond motifs is 1. The van der Waals surface area contributed by atoms with E-state index in [4.69, 9.17) is 4.98 Å². The molecule has 1 aromatic carbocycles. The molecule has 0 radical (unpaired) electrons. The monoisotopic (exact) mass is 493 g/mol. The van der Waals surface area contributed by atoms with Crippen LogP contribution in [0.15, 0.2) is 48.7 Å². The van der Waals surface area contributed by atoms with Gasteiger partial charge in [-0.05, 0) is 68.5 Å². The predicted octanol–water partition coefficient (Wildman–Crippen LogP) is 5.83. The largest absolute Gasteiger partial charge is 0.435 e. The number of amides is 1. The van der Waals surface area contributed by atoms with Crippen molar-refractivity contribution < 1.29 is 18.0 Å². The van der Waals surface area contributed by atoms with E-state index < -0.39 is 11.9 Å². The minimum absolute atomic E-state index is 0.142. The third-order valence-electron chi connectivity index (χ3n) is 6.61. The summed E-state index contributed by atoms with van der Waals surface area (Å²) in [5, 5.41) is 7.45. The molecule has 0 saturated heterocycles. The first-order valence-electron chi connectivity index (χ1n) is 12.0. The molecule has 1 N–H and O–H groups in total. The number of halogens is 3. The van der Waals surface area contributed by atoms with Gasteiger partial charge >= 0.3 is 6.18 Å². The van der Waals surface area contributed by atoms with Crippen LogP contribution in [0.1, 0.15) is 58.1 Å². The second-order valence-corrected chi connectivity index (χ2v) is 9.23. The molecule has 1 aliphatic carbocycles. The Kier molecular flexibility index (Phi) is 6.24.